The summed E-state index contributed by atoms with van der Waals surface area (Å²) in [6.45, 7) is 11.0. The predicted octanol–water partition coefficient (Wildman–Crippen LogP) is 1.62. The Hall–Kier alpha value is 0.710. The molecule has 1 unspecified atom stereocenters. The van der Waals surface area contributed by atoms with Gasteiger partial charge in [-0.2, -0.15) is 0 Å². The first-order valence-electron chi connectivity index (χ1n) is 7.44. The lowest BCUT2D eigenvalue weighted by Crippen LogP contribution is -2.50. The topological polar surface area (TPSA) is 52.7 Å². The maximum atomic E-state index is 9.96. The molecule has 0 aliphatic carbocycles. The van der Waals surface area contributed by atoms with Crippen LogP contribution in [0.25, 0.3) is 0 Å². The van der Waals surface area contributed by atoms with Crippen LogP contribution in [0.3, 0.4) is 0 Å². The summed E-state index contributed by atoms with van der Waals surface area (Å²) in [4.78, 5) is 5.04. The van der Waals surface area contributed by atoms with Gasteiger partial charge < -0.3 is 20.6 Å². The number of halogens is 3. The van der Waals surface area contributed by atoms with Crippen molar-refractivity contribution >= 4 is 37.2 Å². The van der Waals surface area contributed by atoms with Crippen molar-refractivity contribution in [3.8, 4) is 0 Å². The summed E-state index contributed by atoms with van der Waals surface area (Å²) in [5, 5.41) is 9.96. The third-order valence-electron chi connectivity index (χ3n) is 4.62. The molecule has 2 aliphatic rings. The maximum absolute atomic E-state index is 9.96. The van der Waals surface area contributed by atoms with E-state index < -0.39 is 0 Å². The zero-order chi connectivity index (χ0) is 13.1. The lowest BCUT2D eigenvalue weighted by atomic mass is 9.88. The monoisotopic (exact) mass is 363 g/mol. The number of piperidine rings is 2. The van der Waals surface area contributed by atoms with Crippen molar-refractivity contribution in [3.05, 3.63) is 0 Å². The van der Waals surface area contributed by atoms with Crippen molar-refractivity contribution < 1.29 is 5.11 Å². The van der Waals surface area contributed by atoms with Gasteiger partial charge in [-0.15, -0.1) is 37.2 Å². The van der Waals surface area contributed by atoms with E-state index in [4.69, 9.17) is 5.73 Å². The fraction of sp³-hybridized carbons (Fsp3) is 1.00. The number of aliphatic hydroxyl groups excluding tert-OH is 1. The fourth-order valence-electron chi connectivity index (χ4n) is 3.31. The average molecular weight is 365 g/mol. The molecule has 3 atom stereocenters. The standard InChI is InChI=1S/C14H29N3O.3ClH/c1-11-9-17(10-12(2)14(11)18)8-7-16-5-3-13(15)4-6-16;;;/h11-14,18H,3-10,15H2,1-2H3;3*1H/t11-,12+,14?;;;. The van der Waals surface area contributed by atoms with Crippen LogP contribution in [0.1, 0.15) is 26.7 Å². The van der Waals surface area contributed by atoms with Crippen LogP contribution in [-0.4, -0.2) is 66.3 Å². The predicted molar refractivity (Wildman–Crippen MR) is 96.2 cm³/mol. The van der Waals surface area contributed by atoms with Crippen molar-refractivity contribution in [1.82, 2.24) is 9.80 Å². The Labute approximate surface area is 148 Å². The fourth-order valence-corrected chi connectivity index (χ4v) is 3.31. The van der Waals surface area contributed by atoms with Crippen molar-refractivity contribution in [2.45, 2.75) is 38.8 Å². The summed E-state index contributed by atoms with van der Waals surface area (Å²) in [5.74, 6) is 0.812. The van der Waals surface area contributed by atoms with Crippen LogP contribution in [0.15, 0.2) is 0 Å². The van der Waals surface area contributed by atoms with Crippen LogP contribution in [0.4, 0.5) is 0 Å². The summed E-state index contributed by atoms with van der Waals surface area (Å²) in [6.07, 6.45) is 2.17. The highest BCUT2D eigenvalue weighted by atomic mass is 35.5. The Kier molecular flexibility index (Phi) is 12.9. The zero-order valence-electron chi connectivity index (χ0n) is 13.1. The van der Waals surface area contributed by atoms with E-state index >= 15 is 0 Å². The molecule has 21 heavy (non-hydrogen) atoms. The first kappa shape index (κ1) is 24.0. The van der Waals surface area contributed by atoms with Crippen molar-refractivity contribution in [2.75, 3.05) is 39.3 Å². The Bertz CT molecular complexity index is 254. The molecule has 2 saturated heterocycles. The second kappa shape index (κ2) is 11.3. The van der Waals surface area contributed by atoms with Gasteiger partial charge in [-0.05, 0) is 37.8 Å². The Balaban J connectivity index is 0. The number of nitrogens with two attached hydrogens (primary N) is 1. The molecule has 130 valence electrons. The van der Waals surface area contributed by atoms with Gasteiger partial charge in [0.25, 0.3) is 0 Å². The molecule has 0 aromatic heterocycles. The Morgan fingerprint density at radius 1 is 0.905 bits per heavy atom. The number of nitrogens with zero attached hydrogens (tertiary/aromatic N) is 2. The average Bonchev–Trinajstić information content (AvgIpc) is 2.35. The molecule has 3 N–H and O–H groups in total. The molecule has 2 aliphatic heterocycles. The van der Waals surface area contributed by atoms with Gasteiger partial charge in [0, 0.05) is 32.2 Å². The summed E-state index contributed by atoms with van der Waals surface area (Å²) < 4.78 is 0. The van der Waals surface area contributed by atoms with E-state index in [1.165, 1.54) is 0 Å². The van der Waals surface area contributed by atoms with Crippen LogP contribution in [-0.2, 0) is 0 Å². The smallest absolute Gasteiger partial charge is 0.0615 e. The largest absolute Gasteiger partial charge is 0.392 e. The van der Waals surface area contributed by atoms with Crippen LogP contribution < -0.4 is 5.73 Å². The summed E-state index contributed by atoms with van der Waals surface area (Å²) in [6, 6.07) is 0.423. The van der Waals surface area contributed by atoms with E-state index in [-0.39, 0.29) is 43.3 Å². The first-order valence-corrected chi connectivity index (χ1v) is 7.44. The number of hydrogen-bond donors (Lipinski definition) is 2. The number of likely N-dealkylation sites (tertiary alicyclic amines) is 2. The van der Waals surface area contributed by atoms with Gasteiger partial charge >= 0.3 is 0 Å². The minimum Gasteiger partial charge on any atom is -0.392 e. The van der Waals surface area contributed by atoms with E-state index in [9.17, 15) is 5.11 Å². The number of aliphatic hydroxyl groups is 1. The second-order valence-corrected chi connectivity index (χ2v) is 6.38. The minimum absolute atomic E-state index is 0. The van der Waals surface area contributed by atoms with E-state index in [0.29, 0.717) is 17.9 Å². The third kappa shape index (κ3) is 7.21. The molecule has 2 rings (SSSR count). The van der Waals surface area contributed by atoms with Crippen molar-refractivity contribution in [1.29, 1.82) is 0 Å². The molecule has 0 aromatic carbocycles. The maximum Gasteiger partial charge on any atom is 0.0615 e. The van der Waals surface area contributed by atoms with Crippen molar-refractivity contribution in [2.24, 2.45) is 17.6 Å². The molecule has 4 nitrogen and oxygen atoms in total. The van der Waals surface area contributed by atoms with Gasteiger partial charge in [-0.25, -0.2) is 0 Å². The SMILES string of the molecule is C[C@@H]1CN(CCN2CCC(N)CC2)C[C@H](C)C1O.Cl.Cl.Cl. The van der Waals surface area contributed by atoms with Crippen LogP contribution >= 0.6 is 37.2 Å². The molecule has 0 saturated carbocycles. The number of rotatable bonds is 3. The summed E-state index contributed by atoms with van der Waals surface area (Å²) in [5.41, 5.74) is 5.92. The molecule has 0 amide bonds. The van der Waals surface area contributed by atoms with Gasteiger partial charge in [-0.1, -0.05) is 13.8 Å². The van der Waals surface area contributed by atoms with Gasteiger partial charge in [0.1, 0.15) is 0 Å². The summed E-state index contributed by atoms with van der Waals surface area (Å²) >= 11 is 0. The third-order valence-corrected chi connectivity index (χ3v) is 4.62. The lowest BCUT2D eigenvalue weighted by Gasteiger charge is -2.40. The van der Waals surface area contributed by atoms with Gasteiger partial charge in [0.15, 0.2) is 0 Å². The van der Waals surface area contributed by atoms with Gasteiger partial charge in [0.2, 0.25) is 0 Å². The molecule has 0 bridgehead atoms. The zero-order valence-corrected chi connectivity index (χ0v) is 15.6. The molecule has 0 radical (unpaired) electrons. The van der Waals surface area contributed by atoms with E-state index in [1.807, 2.05) is 0 Å². The van der Waals surface area contributed by atoms with E-state index in [2.05, 4.69) is 23.6 Å². The molecule has 7 heteroatoms. The highest BCUT2D eigenvalue weighted by Gasteiger charge is 2.30. The van der Waals surface area contributed by atoms with Crippen LogP contribution in [0.5, 0.6) is 0 Å². The van der Waals surface area contributed by atoms with E-state index in [0.717, 1.165) is 52.1 Å². The molecule has 0 aromatic rings. The minimum atomic E-state index is -0.116. The van der Waals surface area contributed by atoms with E-state index in [1.54, 1.807) is 0 Å². The quantitative estimate of drug-likeness (QED) is 0.799. The summed E-state index contributed by atoms with van der Waals surface area (Å²) in [7, 11) is 0. The van der Waals surface area contributed by atoms with Crippen molar-refractivity contribution in [3.63, 3.8) is 0 Å². The lowest BCUT2D eigenvalue weighted by molar-refractivity contribution is -0.0108. The highest BCUT2D eigenvalue weighted by Crippen LogP contribution is 2.21. The normalized spacial score (nSPS) is 31.7. The molecule has 2 heterocycles. The Morgan fingerprint density at radius 2 is 1.33 bits per heavy atom. The molecular weight excluding hydrogens is 333 g/mol. The molecule has 2 fully saturated rings. The first-order chi connectivity index (χ1) is 8.56. The van der Waals surface area contributed by atoms with Crippen LogP contribution in [0.2, 0.25) is 0 Å². The second-order valence-electron chi connectivity index (χ2n) is 6.38. The molecular formula is C14H32Cl3N3O. The van der Waals surface area contributed by atoms with Crippen LogP contribution in [0, 0.1) is 11.8 Å². The van der Waals surface area contributed by atoms with Gasteiger partial charge in [-0.3, -0.25) is 0 Å². The number of hydrogen-bond acceptors (Lipinski definition) is 4. The highest BCUT2D eigenvalue weighted by molar-refractivity contribution is 5.86. The van der Waals surface area contributed by atoms with Gasteiger partial charge in [0.05, 0.1) is 6.10 Å². The Morgan fingerprint density at radius 3 is 1.81 bits per heavy atom. The molecule has 0 spiro atoms.